The first-order valence-electron chi connectivity index (χ1n) is 6.17. The Morgan fingerprint density at radius 3 is 2.29 bits per heavy atom. The maximum Gasteiger partial charge on any atom is 0.0227 e. The summed E-state index contributed by atoms with van der Waals surface area (Å²) in [5, 5.41) is 0. The quantitative estimate of drug-likeness (QED) is 0.615. The second-order valence-corrected chi connectivity index (χ2v) is 4.61. The lowest BCUT2D eigenvalue weighted by molar-refractivity contribution is 0.308. The molecular formula is C13H25N. The molecule has 1 nitrogen and oxygen atoms in total. The lowest BCUT2D eigenvalue weighted by Gasteiger charge is -2.23. The van der Waals surface area contributed by atoms with Gasteiger partial charge < -0.3 is 4.90 Å². The summed E-state index contributed by atoms with van der Waals surface area (Å²) < 4.78 is 0. The van der Waals surface area contributed by atoms with Crippen LogP contribution in [0.5, 0.6) is 0 Å². The zero-order valence-corrected chi connectivity index (χ0v) is 10.2. The summed E-state index contributed by atoms with van der Waals surface area (Å²) in [4.78, 5) is 2.47. The van der Waals surface area contributed by atoms with Gasteiger partial charge >= 0.3 is 0 Å². The van der Waals surface area contributed by atoms with Crippen molar-refractivity contribution >= 4 is 0 Å². The Morgan fingerprint density at radius 2 is 1.79 bits per heavy atom. The van der Waals surface area contributed by atoms with Crippen molar-refractivity contribution in [1.82, 2.24) is 4.90 Å². The normalized spacial score (nSPS) is 23.1. The Balaban J connectivity index is 0.000000461. The molecule has 0 saturated heterocycles. The SMILES string of the molecule is CC.CC(C)N1C=CC2(CCC1)CC2. The molecule has 0 atom stereocenters. The molecule has 1 aliphatic heterocycles. The minimum absolute atomic E-state index is 0.656. The third kappa shape index (κ3) is 2.76. The van der Waals surface area contributed by atoms with E-state index >= 15 is 0 Å². The van der Waals surface area contributed by atoms with Crippen LogP contribution in [-0.2, 0) is 0 Å². The lowest BCUT2D eigenvalue weighted by Crippen LogP contribution is -2.25. The molecule has 82 valence electrons. The lowest BCUT2D eigenvalue weighted by atomic mass is 10.0. The van der Waals surface area contributed by atoms with Crippen molar-refractivity contribution in [3.8, 4) is 0 Å². The van der Waals surface area contributed by atoms with E-state index in [4.69, 9.17) is 0 Å². The second kappa shape index (κ2) is 4.86. The molecule has 0 unspecified atom stereocenters. The predicted octanol–water partition coefficient (Wildman–Crippen LogP) is 3.81. The predicted molar refractivity (Wildman–Crippen MR) is 63.2 cm³/mol. The van der Waals surface area contributed by atoms with E-state index in [1.807, 2.05) is 13.8 Å². The molecule has 0 radical (unpaired) electrons. The molecule has 1 spiro atoms. The van der Waals surface area contributed by atoms with Crippen LogP contribution in [0.4, 0.5) is 0 Å². The van der Waals surface area contributed by atoms with Crippen molar-refractivity contribution in [2.45, 2.75) is 59.4 Å². The molecule has 2 rings (SSSR count). The van der Waals surface area contributed by atoms with E-state index in [0.29, 0.717) is 11.5 Å². The fraction of sp³-hybridized carbons (Fsp3) is 0.846. The van der Waals surface area contributed by atoms with Gasteiger partial charge in [-0.25, -0.2) is 0 Å². The van der Waals surface area contributed by atoms with E-state index in [0.717, 1.165) is 0 Å². The number of allylic oxidation sites excluding steroid dienone is 1. The van der Waals surface area contributed by atoms with Crippen LogP contribution in [0.3, 0.4) is 0 Å². The van der Waals surface area contributed by atoms with Crippen molar-refractivity contribution in [1.29, 1.82) is 0 Å². The van der Waals surface area contributed by atoms with Crippen LogP contribution in [0.15, 0.2) is 12.3 Å². The summed E-state index contributed by atoms with van der Waals surface area (Å²) in [6, 6.07) is 0.676. The average molecular weight is 195 g/mol. The molecule has 14 heavy (non-hydrogen) atoms. The van der Waals surface area contributed by atoms with Crippen molar-refractivity contribution in [2.24, 2.45) is 5.41 Å². The molecule has 1 heteroatoms. The zero-order chi connectivity index (χ0) is 10.6. The zero-order valence-electron chi connectivity index (χ0n) is 10.2. The monoisotopic (exact) mass is 195 g/mol. The second-order valence-electron chi connectivity index (χ2n) is 4.61. The van der Waals surface area contributed by atoms with Gasteiger partial charge in [0.05, 0.1) is 0 Å². The highest BCUT2D eigenvalue weighted by Gasteiger charge is 2.40. The van der Waals surface area contributed by atoms with Gasteiger partial charge in [0.25, 0.3) is 0 Å². The van der Waals surface area contributed by atoms with E-state index in [-0.39, 0.29) is 0 Å². The van der Waals surface area contributed by atoms with Crippen LogP contribution in [0, 0.1) is 5.41 Å². The van der Waals surface area contributed by atoms with Gasteiger partial charge in [0.2, 0.25) is 0 Å². The van der Waals surface area contributed by atoms with Crippen LogP contribution < -0.4 is 0 Å². The molecule has 1 aliphatic carbocycles. The Morgan fingerprint density at radius 1 is 1.14 bits per heavy atom. The summed E-state index contributed by atoms with van der Waals surface area (Å²) in [6.07, 6.45) is 10.5. The van der Waals surface area contributed by atoms with Crippen LogP contribution in [-0.4, -0.2) is 17.5 Å². The van der Waals surface area contributed by atoms with Gasteiger partial charge in [0.15, 0.2) is 0 Å². The molecule has 1 fully saturated rings. The van der Waals surface area contributed by atoms with Crippen molar-refractivity contribution in [3.63, 3.8) is 0 Å². The minimum Gasteiger partial charge on any atom is -0.375 e. The van der Waals surface area contributed by atoms with E-state index in [1.54, 1.807) is 0 Å². The summed E-state index contributed by atoms with van der Waals surface area (Å²) in [6.45, 7) is 9.81. The molecule has 0 aromatic rings. The first-order chi connectivity index (χ1) is 6.72. The van der Waals surface area contributed by atoms with Crippen LogP contribution >= 0.6 is 0 Å². The van der Waals surface area contributed by atoms with E-state index in [9.17, 15) is 0 Å². The molecule has 1 saturated carbocycles. The van der Waals surface area contributed by atoms with Crippen molar-refractivity contribution in [2.75, 3.05) is 6.54 Å². The maximum atomic E-state index is 2.47. The van der Waals surface area contributed by atoms with E-state index < -0.39 is 0 Å². The van der Waals surface area contributed by atoms with Gasteiger partial charge in [-0.3, -0.25) is 0 Å². The largest absolute Gasteiger partial charge is 0.375 e. The fourth-order valence-corrected chi connectivity index (χ4v) is 2.03. The third-order valence-electron chi connectivity index (χ3n) is 3.27. The van der Waals surface area contributed by atoms with Gasteiger partial charge in [-0.05, 0) is 51.1 Å². The highest BCUT2D eigenvalue weighted by atomic mass is 15.1. The first-order valence-corrected chi connectivity index (χ1v) is 6.17. The first kappa shape index (κ1) is 11.6. The minimum atomic E-state index is 0.656. The van der Waals surface area contributed by atoms with E-state index in [2.05, 4.69) is 31.0 Å². The molecule has 0 aromatic carbocycles. The van der Waals surface area contributed by atoms with Gasteiger partial charge in [0, 0.05) is 12.6 Å². The van der Waals surface area contributed by atoms with Crippen molar-refractivity contribution < 1.29 is 0 Å². The molecular weight excluding hydrogens is 170 g/mol. The van der Waals surface area contributed by atoms with Gasteiger partial charge in [0.1, 0.15) is 0 Å². The molecule has 0 N–H and O–H groups in total. The average Bonchev–Trinajstić information content (AvgIpc) is 2.98. The number of hydrogen-bond acceptors (Lipinski definition) is 1. The number of rotatable bonds is 1. The molecule has 0 amide bonds. The van der Waals surface area contributed by atoms with Gasteiger partial charge in [-0.2, -0.15) is 0 Å². The smallest absolute Gasteiger partial charge is 0.0227 e. The van der Waals surface area contributed by atoms with Crippen LogP contribution in [0.2, 0.25) is 0 Å². The fourth-order valence-electron chi connectivity index (χ4n) is 2.03. The van der Waals surface area contributed by atoms with Gasteiger partial charge in [-0.1, -0.05) is 19.9 Å². The summed E-state index contributed by atoms with van der Waals surface area (Å²) in [5.41, 5.74) is 0.656. The highest BCUT2D eigenvalue weighted by molar-refractivity contribution is 5.10. The summed E-state index contributed by atoms with van der Waals surface area (Å²) in [7, 11) is 0. The Bertz CT molecular complexity index is 189. The standard InChI is InChI=1S/C11H19N.C2H6/c1-10(2)12-8-3-4-11(5-6-11)7-9-12;1-2/h7,9-10H,3-6,8H2,1-2H3;1-2H3. The van der Waals surface area contributed by atoms with E-state index in [1.165, 1.54) is 32.2 Å². The molecule has 0 bridgehead atoms. The summed E-state index contributed by atoms with van der Waals surface area (Å²) in [5.74, 6) is 0. The van der Waals surface area contributed by atoms with Gasteiger partial charge in [-0.15, -0.1) is 0 Å². The number of hydrogen-bond donors (Lipinski definition) is 0. The molecule has 1 heterocycles. The highest BCUT2D eigenvalue weighted by Crippen LogP contribution is 2.51. The van der Waals surface area contributed by atoms with Crippen molar-refractivity contribution in [3.05, 3.63) is 12.3 Å². The Labute approximate surface area is 89.2 Å². The topological polar surface area (TPSA) is 3.24 Å². The number of nitrogens with zero attached hydrogens (tertiary/aromatic N) is 1. The van der Waals surface area contributed by atoms with Crippen LogP contribution in [0.25, 0.3) is 0 Å². The Hall–Kier alpha value is -0.460. The Kier molecular flexibility index (Phi) is 4.03. The molecule has 2 aliphatic rings. The third-order valence-corrected chi connectivity index (χ3v) is 3.27. The van der Waals surface area contributed by atoms with Crippen LogP contribution in [0.1, 0.15) is 53.4 Å². The maximum absolute atomic E-state index is 2.47. The molecule has 0 aromatic heterocycles. The summed E-state index contributed by atoms with van der Waals surface area (Å²) >= 11 is 0.